The molecule has 0 amide bonds. The Bertz CT molecular complexity index is 367. The van der Waals surface area contributed by atoms with Crippen LogP contribution in [-0.2, 0) is 17.7 Å². The average Bonchev–Trinajstić information content (AvgIpc) is 2.87. The van der Waals surface area contributed by atoms with Gasteiger partial charge in [0.05, 0.1) is 12.3 Å². The number of ether oxygens (including phenoxy) is 1. The number of hydrogen-bond acceptors (Lipinski definition) is 3. The Morgan fingerprint density at radius 3 is 3.00 bits per heavy atom. The fourth-order valence-corrected chi connectivity index (χ4v) is 2.77. The average molecular weight is 237 g/mol. The van der Waals surface area contributed by atoms with E-state index in [0.717, 1.165) is 44.8 Å². The molecule has 1 unspecified atom stereocenters. The summed E-state index contributed by atoms with van der Waals surface area (Å²) in [5, 5.41) is 7.82. The minimum absolute atomic E-state index is 0.258. The summed E-state index contributed by atoms with van der Waals surface area (Å²) < 4.78 is 7.71. The highest BCUT2D eigenvalue weighted by molar-refractivity contribution is 5.12. The molecular formula is C13H23N3O. The highest BCUT2D eigenvalue weighted by Crippen LogP contribution is 2.32. The maximum absolute atomic E-state index is 5.60. The first kappa shape index (κ1) is 12.6. The molecular weight excluding hydrogens is 214 g/mol. The van der Waals surface area contributed by atoms with Crippen molar-refractivity contribution in [3.63, 3.8) is 0 Å². The van der Waals surface area contributed by atoms with E-state index in [2.05, 4.69) is 35.0 Å². The fourth-order valence-electron chi connectivity index (χ4n) is 2.77. The summed E-state index contributed by atoms with van der Waals surface area (Å²) in [6, 6.07) is 2.21. The van der Waals surface area contributed by atoms with Crippen LogP contribution >= 0.6 is 0 Å². The zero-order chi connectivity index (χ0) is 12.3. The van der Waals surface area contributed by atoms with E-state index in [-0.39, 0.29) is 5.41 Å². The quantitative estimate of drug-likeness (QED) is 0.841. The number of hydrogen-bond donors (Lipinski definition) is 1. The fraction of sp³-hybridized carbons (Fsp3) is 0.769. The van der Waals surface area contributed by atoms with Gasteiger partial charge in [-0.05, 0) is 39.8 Å². The van der Waals surface area contributed by atoms with E-state index in [9.17, 15) is 0 Å². The van der Waals surface area contributed by atoms with Crippen molar-refractivity contribution in [1.29, 1.82) is 0 Å². The van der Waals surface area contributed by atoms with Crippen molar-refractivity contribution in [2.24, 2.45) is 5.41 Å². The summed E-state index contributed by atoms with van der Waals surface area (Å²) in [5.74, 6) is 0. The summed E-state index contributed by atoms with van der Waals surface area (Å²) in [6.45, 7) is 7.92. The van der Waals surface area contributed by atoms with E-state index >= 15 is 0 Å². The van der Waals surface area contributed by atoms with Crippen LogP contribution in [0.5, 0.6) is 0 Å². The molecule has 17 heavy (non-hydrogen) atoms. The van der Waals surface area contributed by atoms with Crippen LogP contribution in [0.15, 0.2) is 6.07 Å². The molecule has 0 saturated carbocycles. The first-order valence-corrected chi connectivity index (χ1v) is 6.45. The molecule has 96 valence electrons. The van der Waals surface area contributed by atoms with Crippen molar-refractivity contribution in [2.45, 2.75) is 33.2 Å². The van der Waals surface area contributed by atoms with Gasteiger partial charge in [0.15, 0.2) is 0 Å². The normalized spacial score (nSPS) is 24.4. The molecule has 1 aromatic rings. The van der Waals surface area contributed by atoms with Crippen LogP contribution in [0.3, 0.4) is 0 Å². The van der Waals surface area contributed by atoms with Crippen LogP contribution < -0.4 is 5.32 Å². The molecule has 0 spiro atoms. The van der Waals surface area contributed by atoms with Gasteiger partial charge in [-0.2, -0.15) is 5.10 Å². The number of rotatable bonds is 5. The molecule has 1 aliphatic rings. The van der Waals surface area contributed by atoms with Gasteiger partial charge in [-0.25, -0.2) is 0 Å². The number of nitrogens with one attached hydrogen (secondary N) is 1. The lowest BCUT2D eigenvalue weighted by atomic mass is 9.82. The lowest BCUT2D eigenvalue weighted by Gasteiger charge is -2.27. The maximum atomic E-state index is 5.60. The molecule has 1 fully saturated rings. The summed E-state index contributed by atoms with van der Waals surface area (Å²) in [5.41, 5.74) is 2.71. The van der Waals surface area contributed by atoms with E-state index in [0.29, 0.717) is 0 Å². The Hall–Kier alpha value is -0.870. The second-order valence-corrected chi connectivity index (χ2v) is 5.10. The first-order valence-electron chi connectivity index (χ1n) is 6.45. The monoisotopic (exact) mass is 237 g/mol. The van der Waals surface area contributed by atoms with Crippen molar-refractivity contribution in [1.82, 2.24) is 15.1 Å². The highest BCUT2D eigenvalue weighted by Gasteiger charge is 2.35. The molecule has 1 saturated heterocycles. The van der Waals surface area contributed by atoms with E-state index in [1.54, 1.807) is 0 Å². The molecule has 1 aromatic heterocycles. The van der Waals surface area contributed by atoms with Crippen molar-refractivity contribution in [3.8, 4) is 0 Å². The lowest BCUT2D eigenvalue weighted by molar-refractivity contribution is 0.149. The SMILES string of the molecule is CCn1nc(C)cc1CC1(CNC)CCOC1. The predicted octanol–water partition coefficient (Wildman–Crippen LogP) is 1.38. The molecule has 4 nitrogen and oxygen atoms in total. The van der Waals surface area contributed by atoms with Gasteiger partial charge < -0.3 is 10.1 Å². The Kier molecular flexibility index (Phi) is 3.84. The minimum Gasteiger partial charge on any atom is -0.381 e. The molecule has 0 aliphatic carbocycles. The van der Waals surface area contributed by atoms with Crippen molar-refractivity contribution in [3.05, 3.63) is 17.5 Å². The topological polar surface area (TPSA) is 39.1 Å². The third-order valence-corrected chi connectivity index (χ3v) is 3.58. The Labute approximate surface area is 103 Å². The zero-order valence-electron chi connectivity index (χ0n) is 11.1. The van der Waals surface area contributed by atoms with E-state index in [1.807, 2.05) is 7.05 Å². The van der Waals surface area contributed by atoms with Crippen molar-refractivity contribution < 1.29 is 4.74 Å². The summed E-state index contributed by atoms with van der Waals surface area (Å²) in [4.78, 5) is 0. The van der Waals surface area contributed by atoms with Crippen LogP contribution in [0.25, 0.3) is 0 Å². The van der Waals surface area contributed by atoms with Gasteiger partial charge in [0, 0.05) is 30.8 Å². The largest absolute Gasteiger partial charge is 0.381 e. The van der Waals surface area contributed by atoms with Gasteiger partial charge in [-0.1, -0.05) is 0 Å². The molecule has 1 atom stereocenters. The molecule has 0 aromatic carbocycles. The van der Waals surface area contributed by atoms with Gasteiger partial charge in [0.2, 0.25) is 0 Å². The maximum Gasteiger partial charge on any atom is 0.0596 e. The Balaban J connectivity index is 2.16. The zero-order valence-corrected chi connectivity index (χ0v) is 11.1. The Morgan fingerprint density at radius 2 is 2.41 bits per heavy atom. The van der Waals surface area contributed by atoms with Crippen LogP contribution in [0.4, 0.5) is 0 Å². The van der Waals surface area contributed by atoms with Crippen LogP contribution in [0, 0.1) is 12.3 Å². The van der Waals surface area contributed by atoms with Crippen LogP contribution in [0.2, 0.25) is 0 Å². The van der Waals surface area contributed by atoms with E-state index in [1.165, 1.54) is 5.69 Å². The third-order valence-electron chi connectivity index (χ3n) is 3.58. The summed E-state index contributed by atoms with van der Waals surface area (Å²) in [7, 11) is 2.02. The second-order valence-electron chi connectivity index (χ2n) is 5.10. The molecule has 2 rings (SSSR count). The highest BCUT2D eigenvalue weighted by atomic mass is 16.5. The molecule has 4 heteroatoms. The number of aromatic nitrogens is 2. The molecule has 2 heterocycles. The summed E-state index contributed by atoms with van der Waals surface area (Å²) >= 11 is 0. The van der Waals surface area contributed by atoms with Gasteiger partial charge >= 0.3 is 0 Å². The van der Waals surface area contributed by atoms with E-state index in [4.69, 9.17) is 4.74 Å². The Morgan fingerprint density at radius 1 is 1.59 bits per heavy atom. The minimum atomic E-state index is 0.258. The third kappa shape index (κ3) is 2.69. The smallest absolute Gasteiger partial charge is 0.0596 e. The van der Waals surface area contributed by atoms with Gasteiger partial charge in [-0.3, -0.25) is 4.68 Å². The number of nitrogens with zero attached hydrogens (tertiary/aromatic N) is 2. The standard InChI is InChI=1S/C13H23N3O/c1-4-16-12(7-11(2)15-16)8-13(9-14-3)5-6-17-10-13/h7,14H,4-6,8-10H2,1-3H3. The molecule has 1 aliphatic heterocycles. The lowest BCUT2D eigenvalue weighted by Crippen LogP contribution is -2.35. The second kappa shape index (κ2) is 5.19. The first-order chi connectivity index (χ1) is 8.19. The van der Waals surface area contributed by atoms with Gasteiger partial charge in [0.25, 0.3) is 0 Å². The summed E-state index contributed by atoms with van der Waals surface area (Å²) in [6.07, 6.45) is 2.20. The van der Waals surface area contributed by atoms with Crippen LogP contribution in [0.1, 0.15) is 24.7 Å². The van der Waals surface area contributed by atoms with Gasteiger partial charge in [0.1, 0.15) is 0 Å². The van der Waals surface area contributed by atoms with Crippen molar-refractivity contribution >= 4 is 0 Å². The van der Waals surface area contributed by atoms with Crippen LogP contribution in [-0.4, -0.2) is 36.6 Å². The predicted molar refractivity (Wildman–Crippen MR) is 68.1 cm³/mol. The van der Waals surface area contributed by atoms with E-state index < -0.39 is 0 Å². The number of aryl methyl sites for hydroxylation is 2. The molecule has 1 N–H and O–H groups in total. The molecule has 0 bridgehead atoms. The molecule has 0 radical (unpaired) electrons. The van der Waals surface area contributed by atoms with Gasteiger partial charge in [-0.15, -0.1) is 0 Å². The van der Waals surface area contributed by atoms with Crippen molar-refractivity contribution in [2.75, 3.05) is 26.8 Å².